The molecule has 3 atom stereocenters. The molecule has 2 unspecified atom stereocenters. The van der Waals surface area contributed by atoms with E-state index in [4.69, 9.17) is 4.74 Å². The van der Waals surface area contributed by atoms with E-state index in [1.54, 1.807) is 16.7 Å². The number of amides is 2. The predicted molar refractivity (Wildman–Crippen MR) is 131 cm³/mol. The molecule has 2 amide bonds. The van der Waals surface area contributed by atoms with Crippen molar-refractivity contribution in [3.63, 3.8) is 0 Å². The highest BCUT2D eigenvalue weighted by Gasteiger charge is 2.43. The quantitative estimate of drug-likeness (QED) is 0.602. The third-order valence-electron chi connectivity index (χ3n) is 7.32. The monoisotopic (exact) mass is 508 g/mol. The number of morpholine rings is 1. The maximum absolute atomic E-state index is 14.6. The smallest absolute Gasteiger partial charge is 0.291 e. The molecule has 1 aromatic heterocycles. The Morgan fingerprint density at radius 2 is 2.03 bits per heavy atom. The molecule has 200 valence electrons. The van der Waals surface area contributed by atoms with Crippen LogP contribution >= 0.6 is 0 Å². The second-order valence-electron chi connectivity index (χ2n) is 11.1. The standard InChI is InChI=1S/C25H38F2N6O3/c1-6-7-25(26,27)20-8-19-23(30-29-20)24(4,5)15-33(19)21(34)13-31-10-16(2)28-9-18(31)12-32-11-17(3)36-14-22(32)35/h8,16-18,28H,6-7,9-15H2,1-5H3/t16?,17?,18-/m1/s1. The number of hydrogen-bond donors (Lipinski definition) is 1. The molecule has 0 bridgehead atoms. The minimum atomic E-state index is -3.10. The van der Waals surface area contributed by atoms with Crippen LogP contribution in [-0.2, 0) is 25.7 Å². The SMILES string of the molecule is CCCC(F)(F)c1cc2c(nn1)C(C)(C)CN2C(=O)CN1CC(C)NC[C@@H]1CN1CC(C)OCC1=O. The second kappa shape index (κ2) is 10.3. The van der Waals surface area contributed by atoms with Crippen molar-refractivity contribution in [3.8, 4) is 0 Å². The Hall–Kier alpha value is -2.24. The maximum Gasteiger partial charge on any atom is 0.291 e. The number of alkyl halides is 2. The molecule has 0 saturated carbocycles. The molecule has 0 radical (unpaired) electrons. The summed E-state index contributed by atoms with van der Waals surface area (Å²) in [5, 5.41) is 11.4. The van der Waals surface area contributed by atoms with Crippen molar-refractivity contribution in [1.29, 1.82) is 0 Å². The number of fused-ring (bicyclic) bond motifs is 1. The summed E-state index contributed by atoms with van der Waals surface area (Å²) in [6, 6.07) is 1.48. The number of hydrogen-bond acceptors (Lipinski definition) is 7. The molecule has 0 aliphatic carbocycles. The van der Waals surface area contributed by atoms with Crippen molar-refractivity contribution in [2.45, 2.75) is 77.0 Å². The fraction of sp³-hybridized carbons (Fsp3) is 0.760. The molecule has 9 nitrogen and oxygen atoms in total. The molecule has 0 spiro atoms. The first kappa shape index (κ1) is 26.8. The lowest BCUT2D eigenvalue weighted by Crippen LogP contribution is -2.62. The van der Waals surface area contributed by atoms with Crippen LogP contribution in [-0.4, -0.2) is 95.9 Å². The van der Waals surface area contributed by atoms with Crippen LogP contribution in [0, 0.1) is 0 Å². The fourth-order valence-electron chi connectivity index (χ4n) is 5.33. The van der Waals surface area contributed by atoms with Crippen LogP contribution in [0.2, 0.25) is 0 Å². The summed E-state index contributed by atoms with van der Waals surface area (Å²) in [4.78, 5) is 31.5. The van der Waals surface area contributed by atoms with Crippen LogP contribution in [0.5, 0.6) is 0 Å². The summed E-state index contributed by atoms with van der Waals surface area (Å²) in [6.07, 6.45) is -0.0399. The molecule has 2 fully saturated rings. The van der Waals surface area contributed by atoms with E-state index in [2.05, 4.69) is 27.3 Å². The summed E-state index contributed by atoms with van der Waals surface area (Å²) < 4.78 is 34.7. The lowest BCUT2D eigenvalue weighted by atomic mass is 9.91. The minimum absolute atomic E-state index is 0.0299. The Kier molecular flexibility index (Phi) is 7.64. The number of nitrogens with one attached hydrogen (secondary N) is 1. The van der Waals surface area contributed by atoms with E-state index in [-0.39, 0.29) is 49.6 Å². The zero-order valence-electron chi connectivity index (χ0n) is 21.9. The molecule has 2 saturated heterocycles. The maximum atomic E-state index is 14.6. The van der Waals surface area contributed by atoms with E-state index in [0.717, 1.165) is 0 Å². The van der Waals surface area contributed by atoms with Gasteiger partial charge < -0.3 is 19.9 Å². The highest BCUT2D eigenvalue weighted by Crippen LogP contribution is 2.41. The second-order valence-corrected chi connectivity index (χ2v) is 11.1. The van der Waals surface area contributed by atoms with E-state index in [0.29, 0.717) is 50.5 Å². The van der Waals surface area contributed by atoms with Crippen LogP contribution in [0.1, 0.15) is 58.8 Å². The average molecular weight is 509 g/mol. The Morgan fingerprint density at radius 1 is 1.28 bits per heavy atom. The third kappa shape index (κ3) is 5.52. The number of nitrogens with zero attached hydrogens (tertiary/aromatic N) is 5. The number of ether oxygens (including phenoxy) is 1. The van der Waals surface area contributed by atoms with E-state index in [1.165, 1.54) is 6.07 Å². The van der Waals surface area contributed by atoms with Gasteiger partial charge in [0, 0.05) is 56.6 Å². The van der Waals surface area contributed by atoms with Gasteiger partial charge in [-0.15, -0.1) is 5.10 Å². The van der Waals surface area contributed by atoms with Crippen LogP contribution in [0.15, 0.2) is 6.07 Å². The number of anilines is 1. The Morgan fingerprint density at radius 3 is 2.75 bits per heavy atom. The van der Waals surface area contributed by atoms with Crippen molar-refractivity contribution in [1.82, 2.24) is 25.3 Å². The fourth-order valence-corrected chi connectivity index (χ4v) is 5.33. The van der Waals surface area contributed by atoms with Crippen molar-refractivity contribution in [2.75, 3.05) is 50.8 Å². The molecule has 11 heteroatoms. The highest BCUT2D eigenvalue weighted by atomic mass is 19.3. The predicted octanol–water partition coefficient (Wildman–Crippen LogP) is 1.90. The molecular weight excluding hydrogens is 470 g/mol. The zero-order valence-corrected chi connectivity index (χ0v) is 21.9. The van der Waals surface area contributed by atoms with Gasteiger partial charge in [0.05, 0.1) is 24.0 Å². The van der Waals surface area contributed by atoms with Gasteiger partial charge in [-0.3, -0.25) is 14.5 Å². The van der Waals surface area contributed by atoms with Crippen molar-refractivity contribution < 1.29 is 23.1 Å². The first-order valence-corrected chi connectivity index (χ1v) is 12.8. The van der Waals surface area contributed by atoms with Crippen LogP contribution < -0.4 is 10.2 Å². The number of aromatic nitrogens is 2. The van der Waals surface area contributed by atoms with Crippen LogP contribution in [0.4, 0.5) is 14.5 Å². The lowest BCUT2D eigenvalue weighted by molar-refractivity contribution is -0.149. The Bertz CT molecular complexity index is 991. The van der Waals surface area contributed by atoms with E-state index in [9.17, 15) is 18.4 Å². The third-order valence-corrected chi connectivity index (χ3v) is 7.32. The van der Waals surface area contributed by atoms with Gasteiger partial charge in [-0.1, -0.05) is 27.2 Å². The number of halogens is 2. The van der Waals surface area contributed by atoms with Crippen molar-refractivity contribution in [3.05, 3.63) is 17.5 Å². The molecule has 36 heavy (non-hydrogen) atoms. The highest BCUT2D eigenvalue weighted by molar-refractivity contribution is 5.97. The number of carbonyl (C=O) groups excluding carboxylic acids is 2. The molecular formula is C25H38F2N6O3. The summed E-state index contributed by atoms with van der Waals surface area (Å²) in [5.41, 5.74) is 0.0863. The summed E-state index contributed by atoms with van der Waals surface area (Å²) in [7, 11) is 0. The van der Waals surface area contributed by atoms with Gasteiger partial charge >= 0.3 is 0 Å². The average Bonchev–Trinajstić information content (AvgIpc) is 3.08. The summed E-state index contributed by atoms with van der Waals surface area (Å²) in [6.45, 7) is 12.4. The molecule has 3 aliphatic rings. The van der Waals surface area contributed by atoms with Crippen molar-refractivity contribution >= 4 is 17.5 Å². The van der Waals surface area contributed by atoms with Crippen molar-refractivity contribution in [2.24, 2.45) is 0 Å². The van der Waals surface area contributed by atoms with Gasteiger partial charge in [0.15, 0.2) is 0 Å². The molecule has 4 heterocycles. The molecule has 3 aliphatic heterocycles. The van der Waals surface area contributed by atoms with Gasteiger partial charge in [-0.25, -0.2) is 0 Å². The number of piperazine rings is 1. The topological polar surface area (TPSA) is 90.9 Å². The number of rotatable bonds is 7. The Labute approximate surface area is 211 Å². The molecule has 4 rings (SSSR count). The normalized spacial score (nSPS) is 26.9. The first-order chi connectivity index (χ1) is 16.9. The molecule has 1 N–H and O–H groups in total. The van der Waals surface area contributed by atoms with Gasteiger partial charge in [0.2, 0.25) is 11.8 Å². The molecule has 0 aromatic carbocycles. The van der Waals surface area contributed by atoms with E-state index >= 15 is 0 Å². The van der Waals surface area contributed by atoms with E-state index in [1.807, 2.05) is 20.8 Å². The Balaban J connectivity index is 1.54. The lowest BCUT2D eigenvalue weighted by Gasteiger charge is -2.42. The van der Waals surface area contributed by atoms with E-state index < -0.39 is 17.0 Å². The van der Waals surface area contributed by atoms with Gasteiger partial charge in [0.25, 0.3) is 5.92 Å². The van der Waals surface area contributed by atoms with Crippen LogP contribution in [0.3, 0.4) is 0 Å². The van der Waals surface area contributed by atoms with Gasteiger partial charge in [-0.05, 0) is 19.9 Å². The zero-order chi connectivity index (χ0) is 26.3. The van der Waals surface area contributed by atoms with Crippen LogP contribution in [0.25, 0.3) is 0 Å². The number of carbonyl (C=O) groups is 2. The minimum Gasteiger partial charge on any atom is -0.367 e. The first-order valence-electron chi connectivity index (χ1n) is 12.8. The molecule has 1 aromatic rings. The largest absolute Gasteiger partial charge is 0.367 e. The van der Waals surface area contributed by atoms with Gasteiger partial charge in [-0.2, -0.15) is 13.9 Å². The summed E-state index contributed by atoms with van der Waals surface area (Å²) >= 11 is 0. The van der Waals surface area contributed by atoms with Gasteiger partial charge in [0.1, 0.15) is 12.3 Å². The summed E-state index contributed by atoms with van der Waals surface area (Å²) in [5.74, 6) is -3.31.